The molecule has 0 fully saturated rings. The van der Waals surface area contributed by atoms with Gasteiger partial charge in [-0.3, -0.25) is 14.4 Å². The number of aliphatic hydroxyl groups is 1. The molecule has 0 bridgehead atoms. The number of benzene rings is 2. The highest BCUT2D eigenvalue weighted by Gasteiger charge is 2.32. The van der Waals surface area contributed by atoms with E-state index in [0.29, 0.717) is 24.6 Å². The Morgan fingerprint density at radius 2 is 1.43 bits per heavy atom. The van der Waals surface area contributed by atoms with Gasteiger partial charge in [-0.2, -0.15) is 0 Å². The quantitative estimate of drug-likeness (QED) is 0.101. The lowest BCUT2D eigenvalue weighted by Crippen LogP contribution is -2.57. The fourth-order valence-electron chi connectivity index (χ4n) is 6.24. The fourth-order valence-corrected chi connectivity index (χ4v) is 6.24. The number of carbonyl (C=O) groups is 4. The van der Waals surface area contributed by atoms with Crippen molar-refractivity contribution in [3.05, 3.63) is 87.5 Å². The monoisotopic (exact) mass is 732 g/mol. The Balaban J connectivity index is 1.89. The number of hydrogen-bond acceptors (Lipinski definition) is 7. The van der Waals surface area contributed by atoms with Gasteiger partial charge in [0.15, 0.2) is 0 Å². The number of nitrogens with one attached hydrogen (secondary N) is 5. The number of H-pyrrole nitrogens is 1. The number of alkyl carbamates (subject to hydrolysis) is 1. The van der Waals surface area contributed by atoms with E-state index in [-0.39, 0.29) is 37.7 Å². The molecule has 6 N–H and O–H groups in total. The fraction of sp³-hybridized carbons (Fsp3) is 0.537. The van der Waals surface area contributed by atoms with Gasteiger partial charge >= 0.3 is 6.09 Å². The van der Waals surface area contributed by atoms with Crippen LogP contribution in [0.15, 0.2) is 42.9 Å². The number of rotatable bonds is 19. The van der Waals surface area contributed by atoms with E-state index in [2.05, 4.69) is 38.2 Å². The largest absolute Gasteiger partial charge is 0.445 e. The van der Waals surface area contributed by atoms with Gasteiger partial charge in [-0.25, -0.2) is 9.78 Å². The molecule has 12 heteroatoms. The van der Waals surface area contributed by atoms with Gasteiger partial charge in [0.1, 0.15) is 18.7 Å². The Morgan fingerprint density at radius 3 is 2.02 bits per heavy atom. The molecule has 0 radical (unpaired) electrons. The predicted octanol–water partition coefficient (Wildman–Crippen LogP) is 4.96. The summed E-state index contributed by atoms with van der Waals surface area (Å²) in [5, 5.41) is 22.6. The third kappa shape index (κ3) is 13.0. The lowest BCUT2D eigenvalue weighted by Gasteiger charge is -2.29. The van der Waals surface area contributed by atoms with Crippen LogP contribution in [-0.2, 0) is 38.6 Å². The van der Waals surface area contributed by atoms with Crippen LogP contribution in [-0.4, -0.2) is 69.7 Å². The Labute approximate surface area is 314 Å². The van der Waals surface area contributed by atoms with Gasteiger partial charge in [0.05, 0.1) is 30.6 Å². The number of hydrogen-bond donors (Lipinski definition) is 6. The Kier molecular flexibility index (Phi) is 16.5. The molecule has 1 aromatic heterocycles. The normalized spacial score (nSPS) is 14.1. The second kappa shape index (κ2) is 20.5. The Bertz CT molecular complexity index is 1630. The zero-order valence-electron chi connectivity index (χ0n) is 32.9. The molecule has 290 valence electrons. The van der Waals surface area contributed by atoms with Crippen molar-refractivity contribution in [1.29, 1.82) is 0 Å². The first kappa shape index (κ1) is 42.7. The van der Waals surface area contributed by atoms with Gasteiger partial charge in [0, 0.05) is 25.6 Å². The molecule has 3 aromatic rings. The molecule has 0 saturated heterocycles. The highest BCUT2D eigenvalue weighted by Crippen LogP contribution is 2.27. The van der Waals surface area contributed by atoms with Crippen LogP contribution in [0.2, 0.25) is 0 Å². The smallest absolute Gasteiger partial charge is 0.408 e. The number of aromatic nitrogens is 2. The van der Waals surface area contributed by atoms with E-state index < -0.39 is 42.1 Å². The SMILES string of the molecule is CCC(C)CNC(=O)C[C@H](O)[C@H](CC(C)C)NC(=O)[C@H](Cc1c[nH]cn1)NC(=O)[C@H](Cc1c(C)c(C)c(C)c(C)c1C)NC(=O)OCc1ccccc1. The molecule has 0 spiro atoms. The van der Waals surface area contributed by atoms with E-state index in [9.17, 15) is 24.3 Å². The summed E-state index contributed by atoms with van der Waals surface area (Å²) in [6.07, 6.45) is 2.50. The van der Waals surface area contributed by atoms with Gasteiger partial charge < -0.3 is 36.1 Å². The summed E-state index contributed by atoms with van der Waals surface area (Å²) in [5.41, 5.74) is 7.66. The third-order valence-electron chi connectivity index (χ3n) is 10.2. The van der Waals surface area contributed by atoms with E-state index >= 15 is 0 Å². The van der Waals surface area contributed by atoms with Crippen molar-refractivity contribution in [2.75, 3.05) is 6.54 Å². The summed E-state index contributed by atoms with van der Waals surface area (Å²) >= 11 is 0. The lowest BCUT2D eigenvalue weighted by molar-refractivity contribution is -0.131. The molecule has 53 heavy (non-hydrogen) atoms. The maximum Gasteiger partial charge on any atom is 0.408 e. The number of aliphatic hydroxyl groups excluding tert-OH is 1. The lowest BCUT2D eigenvalue weighted by atomic mass is 9.86. The van der Waals surface area contributed by atoms with E-state index in [0.717, 1.165) is 39.8 Å². The van der Waals surface area contributed by atoms with Gasteiger partial charge in [0.25, 0.3) is 0 Å². The van der Waals surface area contributed by atoms with Crippen LogP contribution in [0, 0.1) is 46.5 Å². The molecule has 0 aliphatic heterocycles. The van der Waals surface area contributed by atoms with Crippen LogP contribution in [0.5, 0.6) is 0 Å². The Hall–Kier alpha value is -4.71. The summed E-state index contributed by atoms with van der Waals surface area (Å²) in [6.45, 7) is 18.7. The molecule has 1 heterocycles. The average molecular weight is 733 g/mol. The number of ether oxygens (including phenoxy) is 1. The minimum Gasteiger partial charge on any atom is -0.445 e. The summed E-state index contributed by atoms with van der Waals surface area (Å²) in [7, 11) is 0. The first-order chi connectivity index (χ1) is 25.1. The van der Waals surface area contributed by atoms with Gasteiger partial charge in [-0.15, -0.1) is 0 Å². The zero-order valence-corrected chi connectivity index (χ0v) is 32.9. The van der Waals surface area contributed by atoms with Crippen molar-refractivity contribution < 1.29 is 29.0 Å². The molecule has 1 unspecified atom stereocenters. The average Bonchev–Trinajstić information content (AvgIpc) is 3.65. The zero-order chi connectivity index (χ0) is 39.2. The summed E-state index contributed by atoms with van der Waals surface area (Å²) in [5.74, 6) is -1.06. The standard InChI is InChI=1S/C41H60N6O6/c1-10-25(4)20-43-38(49)19-37(48)34(16-24(2)3)45-39(50)35(17-32-21-42-23-44-32)46-40(51)36(47-41(52)53-22-31-14-12-11-13-15-31)18-33-29(8)27(6)26(5)28(7)30(33)9/h11-15,21,23-25,34-37,48H,10,16-20,22H2,1-9H3,(H,42,44)(H,43,49)(H,45,50)(H,46,51)(H,47,52)/t25?,34-,35-,36-,37-/m0/s1. The minimum absolute atomic E-state index is 0.0151. The van der Waals surface area contributed by atoms with Gasteiger partial charge in [0.2, 0.25) is 17.7 Å². The van der Waals surface area contributed by atoms with E-state index in [4.69, 9.17) is 4.74 Å². The number of nitrogens with zero attached hydrogens (tertiary/aromatic N) is 1. The predicted molar refractivity (Wildman–Crippen MR) is 206 cm³/mol. The molecule has 5 atom stereocenters. The van der Waals surface area contributed by atoms with Crippen LogP contribution >= 0.6 is 0 Å². The van der Waals surface area contributed by atoms with E-state index in [1.165, 1.54) is 11.9 Å². The molecule has 12 nitrogen and oxygen atoms in total. The van der Waals surface area contributed by atoms with Crippen molar-refractivity contribution in [3.8, 4) is 0 Å². The Morgan fingerprint density at radius 1 is 0.830 bits per heavy atom. The molecule has 0 aliphatic carbocycles. The van der Waals surface area contributed by atoms with Gasteiger partial charge in [-0.05, 0) is 91.8 Å². The summed E-state index contributed by atoms with van der Waals surface area (Å²) in [4.78, 5) is 61.4. The third-order valence-corrected chi connectivity index (χ3v) is 10.2. The van der Waals surface area contributed by atoms with Crippen molar-refractivity contribution in [2.45, 2.75) is 125 Å². The minimum atomic E-state index is -1.16. The highest BCUT2D eigenvalue weighted by molar-refractivity contribution is 5.92. The molecule has 3 rings (SSSR count). The first-order valence-corrected chi connectivity index (χ1v) is 18.7. The van der Waals surface area contributed by atoms with Crippen LogP contribution in [0.4, 0.5) is 4.79 Å². The van der Waals surface area contributed by atoms with Crippen molar-refractivity contribution in [1.82, 2.24) is 31.2 Å². The molecular weight excluding hydrogens is 672 g/mol. The first-order valence-electron chi connectivity index (χ1n) is 18.7. The van der Waals surface area contributed by atoms with Crippen LogP contribution < -0.4 is 21.3 Å². The highest BCUT2D eigenvalue weighted by atomic mass is 16.5. The second-order valence-corrected chi connectivity index (χ2v) is 14.7. The number of amides is 4. The van der Waals surface area contributed by atoms with Crippen molar-refractivity contribution >= 4 is 23.8 Å². The van der Waals surface area contributed by atoms with Crippen LogP contribution in [0.3, 0.4) is 0 Å². The number of carbonyl (C=O) groups excluding carboxylic acids is 4. The maximum absolute atomic E-state index is 14.3. The van der Waals surface area contributed by atoms with Gasteiger partial charge in [-0.1, -0.05) is 64.4 Å². The van der Waals surface area contributed by atoms with Crippen molar-refractivity contribution in [2.24, 2.45) is 11.8 Å². The van der Waals surface area contributed by atoms with E-state index in [1.807, 2.05) is 85.7 Å². The van der Waals surface area contributed by atoms with Crippen LogP contribution in [0.25, 0.3) is 0 Å². The molecular formula is C41H60N6O6. The number of imidazole rings is 1. The van der Waals surface area contributed by atoms with E-state index in [1.54, 1.807) is 6.20 Å². The second-order valence-electron chi connectivity index (χ2n) is 14.7. The topological polar surface area (TPSA) is 175 Å². The van der Waals surface area contributed by atoms with Crippen LogP contribution in [0.1, 0.15) is 91.6 Å². The number of aromatic amines is 1. The van der Waals surface area contributed by atoms with Crippen molar-refractivity contribution in [3.63, 3.8) is 0 Å². The molecule has 2 aromatic carbocycles. The molecule has 0 aliphatic rings. The summed E-state index contributed by atoms with van der Waals surface area (Å²) < 4.78 is 5.51. The molecule has 4 amide bonds. The maximum atomic E-state index is 14.3. The summed E-state index contributed by atoms with van der Waals surface area (Å²) in [6, 6.07) is 6.25. The molecule has 0 saturated carbocycles.